The topological polar surface area (TPSA) is 87.7 Å². The molecule has 2 N–H and O–H groups in total. The second-order valence-corrected chi connectivity index (χ2v) is 8.94. The number of nitrogens with zero attached hydrogens (tertiary/aromatic N) is 1. The van der Waals surface area contributed by atoms with Crippen molar-refractivity contribution < 1.29 is 19.1 Å². The highest BCUT2D eigenvalue weighted by atomic mass is 35.5. The van der Waals surface area contributed by atoms with Crippen LogP contribution in [-0.4, -0.2) is 17.7 Å². The maximum Gasteiger partial charge on any atom is 0.283 e. The quantitative estimate of drug-likeness (QED) is 0.271. The SMILES string of the molecule is Cc1ccc(NC(=O)c2ccc(NC3=C(Cl)C(=O)N(c4ccc(Oc5ccccc5)cc4)C3=O)cc2)cc1. The van der Waals surface area contributed by atoms with E-state index in [4.69, 9.17) is 16.3 Å². The predicted molar refractivity (Wildman–Crippen MR) is 148 cm³/mol. The number of ether oxygens (including phenoxy) is 1. The second-order valence-electron chi connectivity index (χ2n) is 8.57. The van der Waals surface area contributed by atoms with E-state index in [9.17, 15) is 14.4 Å². The van der Waals surface area contributed by atoms with Crippen molar-refractivity contribution in [3.8, 4) is 11.5 Å². The minimum atomic E-state index is -0.634. The third kappa shape index (κ3) is 5.28. The first-order valence-electron chi connectivity index (χ1n) is 11.8. The van der Waals surface area contributed by atoms with Crippen LogP contribution in [0.1, 0.15) is 15.9 Å². The van der Waals surface area contributed by atoms with Crippen molar-refractivity contribution in [1.29, 1.82) is 0 Å². The van der Waals surface area contributed by atoms with Gasteiger partial charge in [-0.25, -0.2) is 4.90 Å². The average molecular weight is 524 g/mol. The average Bonchev–Trinajstić information content (AvgIpc) is 3.14. The van der Waals surface area contributed by atoms with Crippen LogP contribution in [-0.2, 0) is 9.59 Å². The third-order valence-corrected chi connectivity index (χ3v) is 6.18. The molecule has 4 aromatic carbocycles. The Balaban J connectivity index is 1.25. The summed E-state index contributed by atoms with van der Waals surface area (Å²) in [7, 11) is 0. The van der Waals surface area contributed by atoms with E-state index >= 15 is 0 Å². The Bertz CT molecular complexity index is 1530. The molecular weight excluding hydrogens is 502 g/mol. The Morgan fingerprint density at radius 2 is 1.34 bits per heavy atom. The van der Waals surface area contributed by atoms with Gasteiger partial charge in [-0.05, 0) is 79.7 Å². The molecule has 0 saturated carbocycles. The van der Waals surface area contributed by atoms with Gasteiger partial charge in [-0.2, -0.15) is 0 Å². The predicted octanol–water partition coefficient (Wildman–Crippen LogP) is 6.48. The van der Waals surface area contributed by atoms with Crippen molar-refractivity contribution in [3.63, 3.8) is 0 Å². The first kappa shape index (κ1) is 24.8. The van der Waals surface area contributed by atoms with Gasteiger partial charge in [0.1, 0.15) is 22.2 Å². The van der Waals surface area contributed by atoms with E-state index in [0.29, 0.717) is 34.1 Å². The number of imide groups is 1. The molecule has 0 atom stereocenters. The third-order valence-electron chi connectivity index (χ3n) is 5.83. The Hall–Kier alpha value is -4.88. The van der Waals surface area contributed by atoms with Gasteiger partial charge in [0.25, 0.3) is 17.7 Å². The molecule has 0 unspecified atom stereocenters. The van der Waals surface area contributed by atoms with Crippen LogP contribution in [0, 0.1) is 6.92 Å². The fourth-order valence-corrected chi connectivity index (χ4v) is 4.04. The standard InChI is InChI=1S/C30H22ClN3O4/c1-19-7-11-22(12-8-19)33-28(35)20-9-13-21(14-10-20)32-27-26(31)29(36)34(30(27)37)23-15-17-25(18-16-23)38-24-5-3-2-4-6-24/h2-18,32H,1H3,(H,33,35). The van der Waals surface area contributed by atoms with E-state index < -0.39 is 11.8 Å². The zero-order valence-corrected chi connectivity index (χ0v) is 21.0. The molecule has 0 fully saturated rings. The number of aryl methyl sites for hydroxylation is 1. The van der Waals surface area contributed by atoms with Gasteiger partial charge in [0.2, 0.25) is 0 Å². The number of hydrogen-bond acceptors (Lipinski definition) is 5. The second kappa shape index (κ2) is 10.6. The molecule has 1 aliphatic heterocycles. The molecule has 0 aliphatic carbocycles. The van der Waals surface area contributed by atoms with Crippen LogP contribution in [0.5, 0.6) is 11.5 Å². The van der Waals surface area contributed by atoms with Gasteiger partial charge in [0.05, 0.1) is 5.69 Å². The summed E-state index contributed by atoms with van der Waals surface area (Å²) >= 11 is 6.26. The first-order chi connectivity index (χ1) is 18.4. The Labute approximate surface area is 224 Å². The van der Waals surface area contributed by atoms with Crippen LogP contribution in [0.2, 0.25) is 0 Å². The Morgan fingerprint density at radius 3 is 2.00 bits per heavy atom. The number of rotatable bonds is 7. The monoisotopic (exact) mass is 523 g/mol. The van der Waals surface area contributed by atoms with Crippen LogP contribution in [0.15, 0.2) is 114 Å². The molecule has 1 heterocycles. The van der Waals surface area contributed by atoms with Crippen molar-refractivity contribution in [3.05, 3.63) is 125 Å². The van der Waals surface area contributed by atoms with Gasteiger partial charge < -0.3 is 15.4 Å². The maximum absolute atomic E-state index is 13.1. The number of hydrogen-bond donors (Lipinski definition) is 2. The molecular formula is C30H22ClN3O4. The van der Waals surface area contributed by atoms with E-state index in [1.807, 2.05) is 61.5 Å². The Kier molecular flexibility index (Phi) is 6.93. The summed E-state index contributed by atoms with van der Waals surface area (Å²) < 4.78 is 5.77. The molecule has 0 radical (unpaired) electrons. The molecule has 7 nitrogen and oxygen atoms in total. The van der Waals surface area contributed by atoms with Gasteiger partial charge >= 0.3 is 0 Å². The van der Waals surface area contributed by atoms with Crippen LogP contribution in [0.3, 0.4) is 0 Å². The van der Waals surface area contributed by atoms with E-state index in [-0.39, 0.29) is 16.6 Å². The normalized spacial score (nSPS) is 13.1. The van der Waals surface area contributed by atoms with Gasteiger partial charge in [-0.1, -0.05) is 47.5 Å². The van der Waals surface area contributed by atoms with Gasteiger partial charge in [-0.3, -0.25) is 14.4 Å². The molecule has 4 aromatic rings. The van der Waals surface area contributed by atoms with Gasteiger partial charge in [-0.15, -0.1) is 0 Å². The molecule has 0 saturated heterocycles. The highest BCUT2D eigenvalue weighted by Crippen LogP contribution is 2.32. The molecule has 8 heteroatoms. The lowest BCUT2D eigenvalue weighted by Crippen LogP contribution is -2.32. The summed E-state index contributed by atoms with van der Waals surface area (Å²) in [4.78, 5) is 39.5. The number of anilines is 3. The van der Waals surface area contributed by atoms with Crippen molar-refractivity contribution in [1.82, 2.24) is 0 Å². The smallest absolute Gasteiger partial charge is 0.283 e. The lowest BCUT2D eigenvalue weighted by atomic mass is 10.1. The molecule has 38 heavy (non-hydrogen) atoms. The summed E-state index contributed by atoms with van der Waals surface area (Å²) in [5, 5.41) is 5.53. The highest BCUT2D eigenvalue weighted by Gasteiger charge is 2.39. The van der Waals surface area contributed by atoms with Crippen molar-refractivity contribution >= 4 is 46.4 Å². The summed E-state index contributed by atoms with van der Waals surface area (Å²) in [6.07, 6.45) is 0. The minimum Gasteiger partial charge on any atom is -0.457 e. The highest BCUT2D eigenvalue weighted by molar-refractivity contribution is 6.53. The largest absolute Gasteiger partial charge is 0.457 e. The number of amides is 3. The van der Waals surface area contributed by atoms with Crippen LogP contribution in [0.4, 0.5) is 17.1 Å². The molecule has 188 valence electrons. The van der Waals surface area contributed by atoms with E-state index in [0.717, 1.165) is 10.5 Å². The van der Waals surface area contributed by atoms with Gasteiger partial charge in [0.15, 0.2) is 0 Å². The fourth-order valence-electron chi connectivity index (χ4n) is 3.82. The molecule has 0 spiro atoms. The van der Waals surface area contributed by atoms with E-state index in [2.05, 4.69) is 10.6 Å². The van der Waals surface area contributed by atoms with E-state index in [1.54, 1.807) is 48.5 Å². The molecule has 5 rings (SSSR count). The van der Waals surface area contributed by atoms with Crippen LogP contribution < -0.4 is 20.3 Å². The number of nitrogens with one attached hydrogen (secondary N) is 2. The molecule has 0 bridgehead atoms. The van der Waals surface area contributed by atoms with Crippen molar-refractivity contribution in [2.24, 2.45) is 0 Å². The summed E-state index contributed by atoms with van der Waals surface area (Å²) in [6.45, 7) is 1.97. The lowest BCUT2D eigenvalue weighted by Gasteiger charge is -2.16. The lowest BCUT2D eigenvalue weighted by molar-refractivity contribution is -0.120. The Morgan fingerprint density at radius 1 is 0.737 bits per heavy atom. The summed E-state index contributed by atoms with van der Waals surface area (Å²) in [6, 6.07) is 29.8. The molecule has 0 aromatic heterocycles. The number of benzene rings is 4. The number of carbonyl (C=O) groups is 3. The number of carbonyl (C=O) groups excluding carboxylic acids is 3. The first-order valence-corrected chi connectivity index (χ1v) is 12.1. The van der Waals surface area contributed by atoms with Crippen LogP contribution in [0.25, 0.3) is 0 Å². The van der Waals surface area contributed by atoms with E-state index in [1.165, 1.54) is 0 Å². The fraction of sp³-hybridized carbons (Fsp3) is 0.0333. The maximum atomic E-state index is 13.1. The minimum absolute atomic E-state index is 0.0434. The van der Waals surface area contributed by atoms with Crippen molar-refractivity contribution in [2.45, 2.75) is 6.92 Å². The number of para-hydroxylation sites is 1. The molecule has 3 amide bonds. The van der Waals surface area contributed by atoms with Crippen LogP contribution >= 0.6 is 11.6 Å². The number of halogens is 1. The summed E-state index contributed by atoms with van der Waals surface area (Å²) in [5.41, 5.74) is 3.04. The zero-order chi connectivity index (χ0) is 26.6. The summed E-state index contributed by atoms with van der Waals surface area (Å²) in [5.74, 6) is -0.259. The zero-order valence-electron chi connectivity index (χ0n) is 20.3. The van der Waals surface area contributed by atoms with Crippen molar-refractivity contribution in [2.75, 3.05) is 15.5 Å². The molecule has 1 aliphatic rings. The van der Waals surface area contributed by atoms with Gasteiger partial charge in [0, 0.05) is 16.9 Å².